The van der Waals surface area contributed by atoms with E-state index in [2.05, 4.69) is 467 Å². The van der Waals surface area contributed by atoms with Crippen LogP contribution in [0.4, 0.5) is 10.2 Å². The van der Waals surface area contributed by atoms with Gasteiger partial charge in [0.25, 0.3) is 0 Å². The molecule has 2 heterocycles. The summed E-state index contributed by atoms with van der Waals surface area (Å²) in [5.41, 5.74) is 10.1. The topological polar surface area (TPSA) is 124 Å². The first-order valence-corrected chi connectivity index (χ1v) is 214. The molecule has 0 amide bonds. The number of aromatic nitrogens is 3. The maximum absolute atomic E-state index is 13.0. The number of nitrogens with one attached hydrogen (secondary N) is 1. The molecule has 2 aromatic heterocycles. The Morgan fingerprint density at radius 1 is 0.319 bits per heavy atom. The van der Waals surface area contributed by atoms with Gasteiger partial charge in [-0.2, -0.15) is 0 Å². The van der Waals surface area contributed by atoms with Crippen molar-refractivity contribution >= 4 is 797 Å². The van der Waals surface area contributed by atoms with Crippen molar-refractivity contribution in [1.82, 2.24) is 20.4 Å². The average molecular weight is 3660 g/mol. The van der Waals surface area contributed by atoms with E-state index in [1.807, 2.05) is 31.2 Å². The van der Waals surface area contributed by atoms with Crippen molar-refractivity contribution in [2.24, 2.45) is 0 Å². The van der Waals surface area contributed by atoms with E-state index in [0.717, 1.165) is 11.1 Å². The van der Waals surface area contributed by atoms with Crippen LogP contribution in [0.5, 0.6) is 0 Å². The third kappa shape index (κ3) is 55.5. The fourth-order valence-electron chi connectivity index (χ4n) is 9.77. The first kappa shape index (κ1) is 168. The minimum Gasteiger partial charge on any atom is -0.382 e. The number of nitrogen functional groups attached to an aromatic ring is 1. The SMILES string of the molecule is CCC(C)S(=O)(=O)c1ccc(-c2cnc(N)c(-c3cc(-c4ccc(CNCC(C)F)cc4)no3)n2)cc1.PP(P)P(P(P)P)P(P(P)P)P(P(P(P)P)P(P)P)P(P(P(P(P)P)P(P)P)P(P(P)P)P(P)P)P(P(P(P(P(P)P)P(P)P)P(P(P)P)P(P)P)P(P(P(P)P)P(P)P)P(P(P)P)P(P)P)P(P(P(P(P)P)P(P)P)P(P(P)P)P(P)P)P(P(P(P)P)P(P)P)P(P(P)P)P(P)P. The molecule has 4 aromatic rings. The Hall–Kier alpha value is 38.5. The first-order valence-electron chi connectivity index (χ1n) is 34.4. The molecule has 108 heteroatoms. The van der Waals surface area contributed by atoms with E-state index in [-0.39, 0.29) is 31.7 Å². The Kier molecular flexibility index (Phi) is 110. The lowest BCUT2D eigenvalue weighted by atomic mass is 10.1. The number of hydrogen-bond donors (Lipinski definition) is 2. The summed E-state index contributed by atoms with van der Waals surface area (Å²) in [6.45, 7) is -15.4. The highest BCUT2D eigenvalue weighted by molar-refractivity contribution is 9.60. The lowest BCUT2D eigenvalue weighted by molar-refractivity contribution is 0.344. The predicted octanol–water partition coefficient (Wildman–Crippen LogP) is 62.7. The third-order valence-electron chi connectivity index (χ3n) is 14.8. The molecule has 0 aliphatic rings. The highest BCUT2D eigenvalue weighted by atomic mass is 33.7. The molecular weight excluding hydrogens is 3530 g/mol. The van der Waals surface area contributed by atoms with Crippen LogP contribution in [0.1, 0.15) is 32.8 Å². The van der Waals surface area contributed by atoms with E-state index < -0.39 is 336 Å². The first-order chi connectivity index (χ1) is 62.2. The van der Waals surface area contributed by atoms with Crippen molar-refractivity contribution in [3.63, 3.8) is 0 Å². The number of nitrogens with two attached hydrogens (primary N) is 1. The maximum atomic E-state index is 13.0. The lowest BCUT2D eigenvalue weighted by Gasteiger charge is -2.64. The summed E-state index contributed by atoms with van der Waals surface area (Å²) in [6, 6.07) is 16.0. The largest absolute Gasteiger partial charge is 0.382 e. The van der Waals surface area contributed by atoms with E-state index in [1.165, 1.54) is 13.1 Å². The molecule has 0 saturated carbocycles. The molecule has 784 valence electrons. The minimum atomic E-state index is -3.38. The Labute approximate surface area is 983 Å². The van der Waals surface area contributed by atoms with Crippen molar-refractivity contribution in [1.29, 1.82) is 0 Å². The Morgan fingerprint density at radius 2 is 0.526 bits per heavy atom. The van der Waals surface area contributed by atoms with Gasteiger partial charge in [0.05, 0.1) is 22.0 Å². The van der Waals surface area contributed by atoms with Crippen molar-refractivity contribution in [2.45, 2.75) is 50.1 Å². The molecule has 0 saturated heterocycles. The molecular formula is C27H130FN5O3P98S. The van der Waals surface area contributed by atoms with Crippen LogP contribution in [-0.2, 0) is 16.4 Å². The second-order valence-electron chi connectivity index (χ2n) is 24.6. The van der Waals surface area contributed by atoms with Crippen LogP contribution in [0, 0.1) is 0 Å². The van der Waals surface area contributed by atoms with Crippen LogP contribution in [-0.4, -0.2) is 41.5 Å². The molecule has 4 rings (SSSR count). The summed E-state index contributed by atoms with van der Waals surface area (Å²) in [7, 11) is 186. The standard InChI is InChI=1S/C27H30FN5O3S.H100P98/c1-4-18(3)37(34,35)22-11-9-21(10-12-22)24-16-31-27(29)26(32-24)25-13-23(33-36-25)20-7-5-19(6-8-20)15-30-14-17(2)28;1-51(2)76(52(3)4)88(75(49)50)94(87(73(45)46)74(47)48)97(93(85(69(37)38)70(39)40)86(71(41)42)72(43)44)98(95(89(77(53(5)6)54(7)8)78(55(9)10)56(11)12)90(79(57(13)14)58(15)16)80(59(17)18)60(19)20)96(91(81(61(21)22)62(23)24)82(63(25)26)64(27)28)92(83(65(29)30)66(31)32)84(67(33)34)68(35)36/h5-13,16-18,30H,4,14-15H2,1-3H3,(H2,29,31);1-50H2. The van der Waals surface area contributed by atoms with Gasteiger partial charge in [0.2, 0.25) is 0 Å². The van der Waals surface area contributed by atoms with Gasteiger partial charge in [-0.05, 0) is 373 Å². The van der Waals surface area contributed by atoms with Crippen molar-refractivity contribution in [3.05, 3.63) is 66.4 Å². The summed E-state index contributed by atoms with van der Waals surface area (Å²) in [5.74, 6) is 0.548. The van der Waals surface area contributed by atoms with Gasteiger partial charge < -0.3 is 15.6 Å². The predicted molar refractivity (Wildman–Crippen MR) is 960 cm³/mol. The molecule has 0 fully saturated rings. The van der Waals surface area contributed by atoms with E-state index in [4.69, 9.17) is 10.3 Å². The highest BCUT2D eigenvalue weighted by Crippen LogP contribution is 3.54. The number of anilines is 1. The zero-order valence-corrected chi connectivity index (χ0v) is 173. The Morgan fingerprint density at radius 3 is 0.748 bits per heavy atom. The molecule has 0 spiro atoms. The summed E-state index contributed by atoms with van der Waals surface area (Å²) in [6.07, 6.45) is 1.18. The molecule has 55 unspecified atom stereocenters. The number of halogens is 1. The van der Waals surface area contributed by atoms with E-state index in [9.17, 15) is 12.8 Å². The van der Waals surface area contributed by atoms with Gasteiger partial charge in [0.15, 0.2) is 27.1 Å². The smallest absolute Gasteiger partial charge is 0.189 e. The second-order valence-corrected chi connectivity index (χ2v) is 434. The van der Waals surface area contributed by atoms with E-state index in [1.54, 1.807) is 37.3 Å². The van der Waals surface area contributed by atoms with Crippen LogP contribution in [0.3, 0.4) is 0 Å². The maximum Gasteiger partial charge on any atom is 0.189 e. The van der Waals surface area contributed by atoms with Crippen molar-refractivity contribution in [3.8, 4) is 34.0 Å². The quantitative estimate of drug-likeness (QED) is 0.0419. The molecule has 2 aromatic carbocycles. The van der Waals surface area contributed by atoms with Crippen LogP contribution < -0.4 is 11.1 Å². The molecule has 0 aliphatic carbocycles. The number of rotatable bonds is 57. The molecule has 55 atom stereocenters. The van der Waals surface area contributed by atoms with Gasteiger partial charge in [-0.25, -0.2) is 22.8 Å². The number of benzene rings is 2. The van der Waals surface area contributed by atoms with Gasteiger partial charge in [-0.1, -0.05) is 48.5 Å². The van der Waals surface area contributed by atoms with Gasteiger partial charge in [-0.15, -0.1) is 446 Å². The molecule has 0 bridgehead atoms. The Balaban J connectivity index is 0.00000104. The third-order valence-corrected chi connectivity index (χ3v) is 712. The van der Waals surface area contributed by atoms with Gasteiger partial charge in [0, 0.05) is 30.3 Å². The van der Waals surface area contributed by atoms with Gasteiger partial charge in [-0.3, -0.25) is 0 Å². The Bertz CT molecular complexity index is 3710. The molecule has 8 nitrogen and oxygen atoms in total. The fraction of sp³-hybridized carbons (Fsp3) is 0.296. The van der Waals surface area contributed by atoms with Crippen molar-refractivity contribution < 1.29 is 17.3 Å². The highest BCUT2D eigenvalue weighted by Gasteiger charge is 2.68. The number of sulfone groups is 1. The van der Waals surface area contributed by atoms with E-state index in [0.29, 0.717) is 47.9 Å². The molecule has 0 radical (unpaired) electrons. The summed E-state index contributed by atoms with van der Waals surface area (Å²) in [4.78, 5) is 9.14. The van der Waals surface area contributed by atoms with Crippen LogP contribution in [0.15, 0.2) is 70.2 Å². The second kappa shape index (κ2) is 88.5. The molecule has 135 heavy (non-hydrogen) atoms. The van der Waals surface area contributed by atoms with Crippen LogP contribution >= 0.6 is 782 Å². The molecule has 0 aliphatic heterocycles. The number of hydrogen-bond acceptors (Lipinski definition) is 8. The summed E-state index contributed by atoms with van der Waals surface area (Å²) >= 11 is 0. The molecule has 3 N–H and O–H groups in total. The monoisotopic (exact) mass is 3660 g/mol. The minimum absolute atomic E-state index is 0.186. The van der Waals surface area contributed by atoms with E-state index >= 15 is 0 Å². The number of alkyl halides is 1. The lowest BCUT2D eigenvalue weighted by Crippen LogP contribution is -2.21. The van der Waals surface area contributed by atoms with Crippen LogP contribution in [0.25, 0.3) is 34.0 Å². The van der Waals surface area contributed by atoms with Gasteiger partial charge >= 0.3 is 0 Å². The summed E-state index contributed by atoms with van der Waals surface area (Å²) < 4.78 is 43.7. The van der Waals surface area contributed by atoms with Crippen LogP contribution in [0.2, 0.25) is 0 Å². The average Bonchev–Trinajstić information content (AvgIpc) is 0.739. The summed E-state index contributed by atoms with van der Waals surface area (Å²) in [5, 5.41) is 6.76. The normalized spacial score (nSPS) is 15.0. The zero-order valence-electron chi connectivity index (χ0n) is 71.3. The fourth-order valence-corrected chi connectivity index (χ4v) is 1480. The van der Waals surface area contributed by atoms with Gasteiger partial charge in [0.1, 0.15) is 11.9 Å². The van der Waals surface area contributed by atoms with Crippen molar-refractivity contribution in [2.75, 3.05) is 12.3 Å². The zero-order chi connectivity index (χ0) is 104. The number of nitrogens with zero attached hydrogens (tertiary/aromatic N) is 3.